The third kappa shape index (κ3) is 2.28. The first kappa shape index (κ1) is 12.7. The Morgan fingerprint density at radius 2 is 2.47 bits per heavy atom. The lowest BCUT2D eigenvalue weighted by Crippen LogP contribution is -2.13. The second kappa shape index (κ2) is 4.99. The van der Waals surface area contributed by atoms with E-state index in [-0.39, 0.29) is 5.56 Å². The number of hydrogen-bond acceptors (Lipinski definition) is 5. The van der Waals surface area contributed by atoms with Gasteiger partial charge in [-0.1, -0.05) is 18.7 Å². The molecule has 0 spiro atoms. The average Bonchev–Trinajstić information content (AvgIpc) is 2.73. The van der Waals surface area contributed by atoms with Crippen LogP contribution < -0.4 is 5.56 Å². The Morgan fingerprint density at radius 3 is 3.26 bits per heavy atom. The number of aromatic nitrogens is 2. The van der Waals surface area contributed by atoms with Crippen molar-refractivity contribution >= 4 is 33.3 Å². The predicted octanol–water partition coefficient (Wildman–Crippen LogP) is 2.73. The fourth-order valence-electron chi connectivity index (χ4n) is 2.50. The molecular weight excluding hydrogens is 278 g/mol. The lowest BCUT2D eigenvalue weighted by molar-refractivity contribution is 0.509. The smallest absolute Gasteiger partial charge is 0.260 e. The number of thiophene rings is 1. The van der Waals surface area contributed by atoms with Crippen LogP contribution >= 0.6 is 23.1 Å². The SMILES string of the molecule is C[C@H]1CCc2c(sc3nc(SCC#N)[nH]c(=O)c23)C1. The monoisotopic (exact) mass is 291 g/mol. The van der Waals surface area contributed by atoms with Gasteiger partial charge < -0.3 is 4.98 Å². The third-order valence-corrected chi connectivity index (χ3v) is 5.31. The van der Waals surface area contributed by atoms with Crippen LogP contribution in [0.2, 0.25) is 0 Å². The van der Waals surface area contributed by atoms with Crippen molar-refractivity contribution in [3.8, 4) is 6.07 Å². The van der Waals surface area contributed by atoms with E-state index in [0.29, 0.717) is 16.8 Å². The molecule has 1 atom stereocenters. The standard InChI is InChI=1S/C13H13N3OS2/c1-7-2-3-8-9(6-7)19-12-10(8)11(17)15-13(16-12)18-5-4-14/h7H,2-3,5-6H2,1H3,(H,15,16,17)/t7-/m0/s1. The van der Waals surface area contributed by atoms with Crippen LogP contribution in [-0.2, 0) is 12.8 Å². The molecule has 0 fully saturated rings. The molecular formula is C13H13N3OS2. The molecule has 3 rings (SSSR count). The molecule has 0 aromatic carbocycles. The molecule has 0 bridgehead atoms. The first-order valence-electron chi connectivity index (χ1n) is 6.23. The Balaban J connectivity index is 2.12. The molecule has 0 saturated carbocycles. The van der Waals surface area contributed by atoms with Crippen LogP contribution in [0.3, 0.4) is 0 Å². The van der Waals surface area contributed by atoms with Gasteiger partial charge in [0.1, 0.15) is 4.83 Å². The Bertz CT molecular complexity index is 726. The van der Waals surface area contributed by atoms with Crippen LogP contribution in [0, 0.1) is 17.2 Å². The maximum absolute atomic E-state index is 12.2. The van der Waals surface area contributed by atoms with Gasteiger partial charge in [-0.3, -0.25) is 4.79 Å². The normalized spacial score (nSPS) is 18.2. The first-order valence-corrected chi connectivity index (χ1v) is 8.03. The van der Waals surface area contributed by atoms with Gasteiger partial charge in [0.25, 0.3) is 5.56 Å². The topological polar surface area (TPSA) is 69.5 Å². The Hall–Kier alpha value is -1.32. The van der Waals surface area contributed by atoms with Crippen molar-refractivity contribution in [3.05, 3.63) is 20.8 Å². The van der Waals surface area contributed by atoms with E-state index >= 15 is 0 Å². The molecule has 2 aromatic rings. The van der Waals surface area contributed by atoms with Crippen molar-refractivity contribution in [2.45, 2.75) is 31.3 Å². The highest BCUT2D eigenvalue weighted by atomic mass is 32.2. The average molecular weight is 291 g/mol. The number of thioether (sulfide) groups is 1. The highest BCUT2D eigenvalue weighted by molar-refractivity contribution is 7.99. The number of fused-ring (bicyclic) bond motifs is 3. The molecule has 2 heterocycles. The summed E-state index contributed by atoms with van der Waals surface area (Å²) in [7, 11) is 0. The number of hydrogen-bond donors (Lipinski definition) is 1. The van der Waals surface area contributed by atoms with E-state index in [9.17, 15) is 4.79 Å². The van der Waals surface area contributed by atoms with Gasteiger partial charge in [0.05, 0.1) is 17.2 Å². The molecule has 1 N–H and O–H groups in total. The predicted molar refractivity (Wildman–Crippen MR) is 77.8 cm³/mol. The van der Waals surface area contributed by atoms with Crippen molar-refractivity contribution in [3.63, 3.8) is 0 Å². The minimum absolute atomic E-state index is 0.0579. The van der Waals surface area contributed by atoms with Gasteiger partial charge in [0, 0.05) is 4.88 Å². The summed E-state index contributed by atoms with van der Waals surface area (Å²) < 4.78 is 0. The number of rotatable bonds is 2. The quantitative estimate of drug-likeness (QED) is 0.682. The van der Waals surface area contributed by atoms with Crippen molar-refractivity contribution in [1.29, 1.82) is 5.26 Å². The van der Waals surface area contributed by atoms with E-state index in [2.05, 4.69) is 16.9 Å². The summed E-state index contributed by atoms with van der Waals surface area (Å²) in [4.78, 5) is 21.6. The van der Waals surface area contributed by atoms with E-state index in [1.165, 1.54) is 22.2 Å². The second-order valence-corrected chi connectivity index (χ2v) is 6.90. The summed E-state index contributed by atoms with van der Waals surface area (Å²) in [5, 5.41) is 9.90. The molecule has 1 aliphatic rings. The van der Waals surface area contributed by atoms with Crippen LogP contribution in [0.4, 0.5) is 0 Å². The van der Waals surface area contributed by atoms with Crippen molar-refractivity contribution in [1.82, 2.24) is 9.97 Å². The van der Waals surface area contributed by atoms with Gasteiger partial charge in [-0.15, -0.1) is 11.3 Å². The lowest BCUT2D eigenvalue weighted by atomic mass is 9.89. The zero-order chi connectivity index (χ0) is 13.4. The van der Waals surface area contributed by atoms with E-state index in [4.69, 9.17) is 5.26 Å². The van der Waals surface area contributed by atoms with E-state index in [0.717, 1.165) is 29.5 Å². The molecule has 4 nitrogen and oxygen atoms in total. The molecule has 2 aromatic heterocycles. The van der Waals surface area contributed by atoms with E-state index in [1.54, 1.807) is 11.3 Å². The summed E-state index contributed by atoms with van der Waals surface area (Å²) >= 11 is 2.91. The lowest BCUT2D eigenvalue weighted by Gasteiger charge is -2.17. The molecule has 0 unspecified atom stereocenters. The fraction of sp³-hybridized carbons (Fsp3) is 0.462. The second-order valence-electron chi connectivity index (χ2n) is 4.85. The molecule has 6 heteroatoms. The van der Waals surface area contributed by atoms with E-state index in [1.807, 2.05) is 6.07 Å². The number of nitriles is 1. The van der Waals surface area contributed by atoms with Crippen molar-refractivity contribution in [2.75, 3.05) is 5.75 Å². The number of aryl methyl sites for hydroxylation is 1. The molecule has 0 amide bonds. The van der Waals surface area contributed by atoms with Gasteiger partial charge in [-0.2, -0.15) is 5.26 Å². The summed E-state index contributed by atoms with van der Waals surface area (Å²) in [6, 6.07) is 2.04. The van der Waals surface area contributed by atoms with Crippen LogP contribution in [0.5, 0.6) is 0 Å². The molecule has 0 saturated heterocycles. The third-order valence-electron chi connectivity index (χ3n) is 3.42. The molecule has 98 valence electrons. The van der Waals surface area contributed by atoms with Crippen LogP contribution in [-0.4, -0.2) is 15.7 Å². The number of H-pyrrole nitrogens is 1. The largest absolute Gasteiger partial charge is 0.301 e. The van der Waals surface area contributed by atoms with Gasteiger partial charge in [-0.05, 0) is 30.7 Å². The summed E-state index contributed by atoms with van der Waals surface area (Å²) in [5.41, 5.74) is 1.14. The summed E-state index contributed by atoms with van der Waals surface area (Å²) in [6.45, 7) is 2.25. The Kier molecular flexibility index (Phi) is 3.33. The molecule has 1 aliphatic carbocycles. The number of aromatic amines is 1. The fourth-order valence-corrected chi connectivity index (χ4v) is 4.46. The van der Waals surface area contributed by atoms with Gasteiger partial charge in [0.2, 0.25) is 0 Å². The highest BCUT2D eigenvalue weighted by Crippen LogP contribution is 2.35. The zero-order valence-electron chi connectivity index (χ0n) is 10.5. The summed E-state index contributed by atoms with van der Waals surface area (Å²) in [5.74, 6) is 0.989. The summed E-state index contributed by atoms with van der Waals surface area (Å²) in [6.07, 6.45) is 3.17. The maximum Gasteiger partial charge on any atom is 0.260 e. The van der Waals surface area contributed by atoms with E-state index < -0.39 is 0 Å². The van der Waals surface area contributed by atoms with Gasteiger partial charge >= 0.3 is 0 Å². The minimum atomic E-state index is -0.0579. The van der Waals surface area contributed by atoms with Crippen LogP contribution in [0.15, 0.2) is 9.95 Å². The Labute approximate surface area is 118 Å². The zero-order valence-corrected chi connectivity index (χ0v) is 12.2. The van der Waals surface area contributed by atoms with Crippen molar-refractivity contribution < 1.29 is 0 Å². The number of nitrogens with one attached hydrogen (secondary N) is 1. The maximum atomic E-state index is 12.2. The van der Waals surface area contributed by atoms with Crippen LogP contribution in [0.25, 0.3) is 10.2 Å². The molecule has 0 radical (unpaired) electrons. The van der Waals surface area contributed by atoms with Crippen LogP contribution in [0.1, 0.15) is 23.8 Å². The van der Waals surface area contributed by atoms with Gasteiger partial charge in [0.15, 0.2) is 5.16 Å². The first-order chi connectivity index (χ1) is 9.19. The highest BCUT2D eigenvalue weighted by Gasteiger charge is 2.22. The molecule has 0 aliphatic heterocycles. The minimum Gasteiger partial charge on any atom is -0.301 e. The Morgan fingerprint density at radius 1 is 1.63 bits per heavy atom. The van der Waals surface area contributed by atoms with Crippen molar-refractivity contribution in [2.24, 2.45) is 5.92 Å². The molecule has 19 heavy (non-hydrogen) atoms. The number of nitrogens with zero attached hydrogens (tertiary/aromatic N) is 2. The van der Waals surface area contributed by atoms with Gasteiger partial charge in [-0.25, -0.2) is 4.98 Å².